The lowest BCUT2D eigenvalue weighted by molar-refractivity contribution is -0.176. The highest BCUT2D eigenvalue weighted by Gasteiger charge is 2.58. The molecule has 2 heterocycles. The predicted molar refractivity (Wildman–Crippen MR) is 80.6 cm³/mol. The molecule has 13 heteroatoms. The summed E-state index contributed by atoms with van der Waals surface area (Å²) in [7, 11) is -5.24. The van der Waals surface area contributed by atoms with Gasteiger partial charge in [-0.15, -0.1) is 0 Å². The highest BCUT2D eigenvalue weighted by atomic mass is 32.2. The molecular formula is C14H21F3O9S. The first kappa shape index (κ1) is 22.3. The number of carbonyl (C=O) groups excluding carboxylic acids is 1. The SMILES string of the molecule is COC(=O)[C@H](OS(=O)(=O)C(F)(F)F)[C@H]1OC(C)(C)O[C@@H]1[C@H]1COC(C)(C)O1. The lowest BCUT2D eigenvalue weighted by atomic mass is 10.0. The molecule has 2 aliphatic rings. The molecule has 0 saturated carbocycles. The first-order chi connectivity index (χ1) is 12.1. The topological polar surface area (TPSA) is 107 Å². The van der Waals surface area contributed by atoms with E-state index in [-0.39, 0.29) is 6.61 Å². The van der Waals surface area contributed by atoms with Crippen molar-refractivity contribution in [2.75, 3.05) is 13.7 Å². The lowest BCUT2D eigenvalue weighted by Gasteiger charge is -2.27. The zero-order valence-electron chi connectivity index (χ0n) is 15.2. The van der Waals surface area contributed by atoms with Crippen LogP contribution in [0.4, 0.5) is 13.2 Å². The molecule has 0 spiro atoms. The van der Waals surface area contributed by atoms with Gasteiger partial charge >= 0.3 is 21.6 Å². The van der Waals surface area contributed by atoms with Crippen molar-refractivity contribution in [1.82, 2.24) is 0 Å². The highest BCUT2D eigenvalue weighted by molar-refractivity contribution is 7.87. The third-order valence-corrected chi connectivity index (χ3v) is 4.83. The Morgan fingerprint density at radius 3 is 2.15 bits per heavy atom. The zero-order chi connectivity index (χ0) is 20.8. The van der Waals surface area contributed by atoms with Crippen LogP contribution in [0.2, 0.25) is 0 Å². The van der Waals surface area contributed by atoms with E-state index in [1.54, 1.807) is 13.8 Å². The minimum absolute atomic E-state index is 0.0203. The first-order valence-corrected chi connectivity index (χ1v) is 9.24. The normalized spacial score (nSPS) is 31.6. The zero-order valence-corrected chi connectivity index (χ0v) is 16.0. The molecule has 27 heavy (non-hydrogen) atoms. The first-order valence-electron chi connectivity index (χ1n) is 7.83. The van der Waals surface area contributed by atoms with Crippen LogP contribution >= 0.6 is 0 Å². The average molecular weight is 422 g/mol. The van der Waals surface area contributed by atoms with Gasteiger partial charge in [0.2, 0.25) is 6.10 Å². The van der Waals surface area contributed by atoms with E-state index in [0.717, 1.165) is 7.11 Å². The summed E-state index contributed by atoms with van der Waals surface area (Å²) in [4.78, 5) is 12.0. The van der Waals surface area contributed by atoms with E-state index in [0.29, 0.717) is 0 Å². The Bertz CT molecular complexity index is 674. The molecule has 158 valence electrons. The summed E-state index contributed by atoms with van der Waals surface area (Å²) in [6, 6.07) is 0. The van der Waals surface area contributed by atoms with Gasteiger partial charge in [-0.3, -0.25) is 0 Å². The molecule has 2 rings (SSSR count). The fraction of sp³-hybridized carbons (Fsp3) is 0.929. The molecule has 0 aliphatic carbocycles. The van der Waals surface area contributed by atoms with Gasteiger partial charge in [0.05, 0.1) is 13.7 Å². The van der Waals surface area contributed by atoms with Crippen molar-refractivity contribution in [3.8, 4) is 0 Å². The largest absolute Gasteiger partial charge is 0.523 e. The van der Waals surface area contributed by atoms with Crippen LogP contribution in [0.15, 0.2) is 0 Å². The second kappa shape index (κ2) is 7.12. The van der Waals surface area contributed by atoms with Crippen molar-refractivity contribution in [2.45, 2.75) is 69.2 Å². The van der Waals surface area contributed by atoms with Gasteiger partial charge in [-0.1, -0.05) is 0 Å². The summed E-state index contributed by atoms with van der Waals surface area (Å²) in [5.74, 6) is -3.74. The number of hydrogen-bond donors (Lipinski definition) is 0. The van der Waals surface area contributed by atoms with Gasteiger partial charge in [0.1, 0.15) is 18.3 Å². The van der Waals surface area contributed by atoms with Crippen LogP contribution in [0.1, 0.15) is 27.7 Å². The molecule has 2 aliphatic heterocycles. The Morgan fingerprint density at radius 1 is 1.11 bits per heavy atom. The fourth-order valence-corrected chi connectivity index (χ4v) is 3.32. The van der Waals surface area contributed by atoms with E-state index in [1.165, 1.54) is 13.8 Å². The van der Waals surface area contributed by atoms with Crippen LogP contribution < -0.4 is 0 Å². The molecule has 0 radical (unpaired) electrons. The maximum atomic E-state index is 12.7. The number of alkyl halides is 3. The molecule has 0 aromatic rings. The van der Waals surface area contributed by atoms with Crippen molar-refractivity contribution in [3.63, 3.8) is 0 Å². The van der Waals surface area contributed by atoms with Gasteiger partial charge in [0.15, 0.2) is 11.6 Å². The molecule has 2 saturated heterocycles. The standard InChI is InChI=1S/C14H21F3O9S/c1-12(2)22-6-7(23-12)8-9(25-13(3,4)24-8)10(11(18)21-5)26-27(19,20)14(15,16)17/h7-10H,6H2,1-5H3/t7-,8-,9+,10-/m1/s1. The smallest absolute Gasteiger partial charge is 0.467 e. The number of esters is 1. The second-order valence-corrected chi connectivity index (χ2v) is 8.44. The van der Waals surface area contributed by atoms with Crippen LogP contribution in [-0.4, -0.2) is 69.6 Å². The molecule has 4 atom stereocenters. The number of methoxy groups -OCH3 is 1. The molecular weight excluding hydrogens is 401 g/mol. The second-order valence-electron chi connectivity index (χ2n) is 6.87. The van der Waals surface area contributed by atoms with Crippen LogP contribution in [0.3, 0.4) is 0 Å². The number of carbonyl (C=O) groups is 1. The van der Waals surface area contributed by atoms with Crippen molar-refractivity contribution >= 4 is 16.1 Å². The Labute approximate surface area is 154 Å². The number of hydrogen-bond acceptors (Lipinski definition) is 9. The Morgan fingerprint density at radius 2 is 1.70 bits per heavy atom. The third-order valence-electron chi connectivity index (χ3n) is 3.81. The van der Waals surface area contributed by atoms with Crippen molar-refractivity contribution in [1.29, 1.82) is 0 Å². The van der Waals surface area contributed by atoms with E-state index < -0.39 is 57.6 Å². The minimum Gasteiger partial charge on any atom is -0.467 e. The molecule has 0 unspecified atom stereocenters. The summed E-state index contributed by atoms with van der Waals surface area (Å²) in [5.41, 5.74) is -5.74. The van der Waals surface area contributed by atoms with Crippen LogP contribution in [-0.2, 0) is 42.8 Å². The quantitative estimate of drug-likeness (QED) is 0.365. The third kappa shape index (κ3) is 4.90. The average Bonchev–Trinajstić information content (AvgIpc) is 3.01. The summed E-state index contributed by atoms with van der Waals surface area (Å²) in [6.45, 7) is 6.06. The maximum Gasteiger partial charge on any atom is 0.523 e. The van der Waals surface area contributed by atoms with Gasteiger partial charge in [-0.25, -0.2) is 8.98 Å². The monoisotopic (exact) mass is 422 g/mol. The van der Waals surface area contributed by atoms with Crippen LogP contribution in [0.5, 0.6) is 0 Å². The van der Waals surface area contributed by atoms with Crippen molar-refractivity contribution in [2.24, 2.45) is 0 Å². The van der Waals surface area contributed by atoms with Crippen LogP contribution in [0.25, 0.3) is 0 Å². The molecule has 0 bridgehead atoms. The Kier molecular flexibility index (Phi) is 5.88. The van der Waals surface area contributed by atoms with Gasteiger partial charge in [-0.2, -0.15) is 21.6 Å². The number of halogens is 3. The van der Waals surface area contributed by atoms with E-state index in [2.05, 4.69) is 8.92 Å². The van der Waals surface area contributed by atoms with Gasteiger partial charge < -0.3 is 23.7 Å². The molecule has 2 fully saturated rings. The molecule has 9 nitrogen and oxygen atoms in total. The predicted octanol–water partition coefficient (Wildman–Crippen LogP) is 1.07. The summed E-state index contributed by atoms with van der Waals surface area (Å²) < 4.78 is 91.6. The summed E-state index contributed by atoms with van der Waals surface area (Å²) in [6.07, 6.45) is -5.83. The van der Waals surface area contributed by atoms with Gasteiger partial charge in [0, 0.05) is 0 Å². The van der Waals surface area contributed by atoms with Gasteiger partial charge in [-0.05, 0) is 27.7 Å². The number of rotatable bonds is 5. The molecule has 0 N–H and O–H groups in total. The number of ether oxygens (including phenoxy) is 5. The van der Waals surface area contributed by atoms with E-state index in [4.69, 9.17) is 18.9 Å². The lowest BCUT2D eigenvalue weighted by Crippen LogP contribution is -2.50. The minimum atomic E-state index is -6.11. The fourth-order valence-electron chi connectivity index (χ4n) is 2.75. The van der Waals surface area contributed by atoms with E-state index >= 15 is 0 Å². The van der Waals surface area contributed by atoms with E-state index in [9.17, 15) is 26.4 Å². The van der Waals surface area contributed by atoms with Crippen LogP contribution in [0, 0.1) is 0 Å². The molecule has 0 amide bonds. The highest BCUT2D eigenvalue weighted by Crippen LogP contribution is 2.38. The van der Waals surface area contributed by atoms with E-state index in [1.807, 2.05) is 0 Å². The molecule has 0 aromatic carbocycles. The van der Waals surface area contributed by atoms with Gasteiger partial charge in [0.25, 0.3) is 0 Å². The Balaban J connectivity index is 2.35. The summed E-state index contributed by atoms with van der Waals surface area (Å²) >= 11 is 0. The summed E-state index contributed by atoms with van der Waals surface area (Å²) in [5, 5.41) is 0. The Hall–Kier alpha value is -0.990. The molecule has 0 aromatic heterocycles. The van der Waals surface area contributed by atoms with Crippen molar-refractivity contribution in [3.05, 3.63) is 0 Å². The van der Waals surface area contributed by atoms with Crippen molar-refractivity contribution < 1.29 is 54.3 Å². The maximum absolute atomic E-state index is 12.7.